The second kappa shape index (κ2) is 12.4. The lowest BCUT2D eigenvalue weighted by Crippen LogP contribution is -2.56. The van der Waals surface area contributed by atoms with Crippen molar-refractivity contribution in [2.45, 2.75) is 19.6 Å². The van der Waals surface area contributed by atoms with Crippen molar-refractivity contribution in [1.82, 2.24) is 15.1 Å². The van der Waals surface area contributed by atoms with Crippen molar-refractivity contribution in [2.24, 2.45) is 0 Å². The molecule has 0 aliphatic carbocycles. The fraction of sp³-hybridized carbons (Fsp3) is 0.308. The Hall–Kier alpha value is -4.36. The maximum absolute atomic E-state index is 13.1. The van der Waals surface area contributed by atoms with E-state index in [9.17, 15) is 29.9 Å². The largest absolute Gasteiger partial charge is 0.504 e. The van der Waals surface area contributed by atoms with E-state index in [0.717, 1.165) is 5.56 Å². The molecule has 0 unspecified atom stereocenters. The van der Waals surface area contributed by atoms with E-state index < -0.39 is 11.9 Å². The van der Waals surface area contributed by atoms with Crippen LogP contribution < -0.4 is 5.32 Å². The van der Waals surface area contributed by atoms with Gasteiger partial charge in [-0.15, -0.1) is 0 Å². The molecule has 1 aliphatic rings. The Morgan fingerprint density at radius 2 is 1.72 bits per heavy atom. The van der Waals surface area contributed by atoms with E-state index in [-0.39, 0.29) is 61.7 Å². The van der Waals surface area contributed by atoms with Crippen LogP contribution >= 0.6 is 0 Å². The van der Waals surface area contributed by atoms with Crippen LogP contribution in [0.5, 0.6) is 11.5 Å². The zero-order valence-corrected chi connectivity index (χ0v) is 19.9. The number of amides is 3. The van der Waals surface area contributed by atoms with Crippen LogP contribution in [0.3, 0.4) is 0 Å². The fourth-order valence-corrected chi connectivity index (χ4v) is 3.75. The van der Waals surface area contributed by atoms with Gasteiger partial charge in [0.15, 0.2) is 11.5 Å². The quantitative estimate of drug-likeness (QED) is 0.287. The highest BCUT2D eigenvalue weighted by atomic mass is 16.5. The van der Waals surface area contributed by atoms with Crippen LogP contribution in [0, 0.1) is 11.3 Å². The first kappa shape index (κ1) is 26.2. The molecular weight excluding hydrogens is 464 g/mol. The van der Waals surface area contributed by atoms with Crippen LogP contribution in [-0.4, -0.2) is 76.6 Å². The predicted molar refractivity (Wildman–Crippen MR) is 130 cm³/mol. The number of rotatable bonds is 8. The van der Waals surface area contributed by atoms with Gasteiger partial charge in [0.1, 0.15) is 17.7 Å². The number of benzene rings is 2. The summed E-state index contributed by atoms with van der Waals surface area (Å²) in [7, 11) is 0. The lowest BCUT2D eigenvalue weighted by atomic mass is 10.1. The van der Waals surface area contributed by atoms with E-state index in [4.69, 9.17) is 4.74 Å². The van der Waals surface area contributed by atoms with Gasteiger partial charge >= 0.3 is 0 Å². The smallest absolute Gasteiger partial charge is 0.264 e. The molecule has 3 rings (SSSR count). The number of phenolic OH excluding ortho intramolecular Hbond substituents is 2. The summed E-state index contributed by atoms with van der Waals surface area (Å²) in [4.78, 5) is 40.6. The number of phenols is 2. The molecule has 1 heterocycles. The van der Waals surface area contributed by atoms with E-state index >= 15 is 0 Å². The summed E-state index contributed by atoms with van der Waals surface area (Å²) < 4.78 is 5.67. The first-order valence-corrected chi connectivity index (χ1v) is 11.4. The van der Waals surface area contributed by atoms with Gasteiger partial charge in [-0.3, -0.25) is 14.4 Å². The number of carbonyl (C=O) groups is 3. The predicted octanol–water partition coefficient (Wildman–Crippen LogP) is 1.40. The van der Waals surface area contributed by atoms with Gasteiger partial charge in [0, 0.05) is 33.1 Å². The van der Waals surface area contributed by atoms with Gasteiger partial charge in [-0.25, -0.2) is 0 Å². The average Bonchev–Trinajstić information content (AvgIpc) is 2.88. The molecule has 10 nitrogen and oxygen atoms in total. The van der Waals surface area contributed by atoms with Gasteiger partial charge in [-0.05, 0) is 29.3 Å². The Labute approximate surface area is 209 Å². The van der Waals surface area contributed by atoms with Gasteiger partial charge in [0.2, 0.25) is 11.8 Å². The fourth-order valence-electron chi connectivity index (χ4n) is 3.75. The number of piperazine rings is 1. The molecule has 2 aromatic carbocycles. The van der Waals surface area contributed by atoms with E-state index in [1.165, 1.54) is 36.1 Å². The van der Waals surface area contributed by atoms with Crippen molar-refractivity contribution in [3.8, 4) is 17.6 Å². The van der Waals surface area contributed by atoms with E-state index in [1.54, 1.807) is 4.90 Å². The standard InChI is InChI=1S/C26H28N4O6/c1-18(31)28-22(17-36-16-19-5-3-2-4-6-19)26(35)30-11-9-29(10-12-30)25(34)21(15-27)13-20-7-8-23(32)24(33)14-20/h2-8,13-14,22,32-33H,9-12,16-17H2,1H3,(H,28,31)/t22-/m1/s1. The zero-order valence-electron chi connectivity index (χ0n) is 19.9. The van der Waals surface area contributed by atoms with E-state index in [1.807, 2.05) is 36.4 Å². The number of aromatic hydroxyl groups is 2. The third-order valence-corrected chi connectivity index (χ3v) is 5.61. The Kier molecular flexibility index (Phi) is 9.02. The Morgan fingerprint density at radius 3 is 2.33 bits per heavy atom. The second-order valence-electron chi connectivity index (χ2n) is 8.29. The summed E-state index contributed by atoms with van der Waals surface area (Å²) in [5, 5.41) is 31.2. The third kappa shape index (κ3) is 7.07. The maximum Gasteiger partial charge on any atom is 0.264 e. The summed E-state index contributed by atoms with van der Waals surface area (Å²) in [6, 6.07) is 14.5. The maximum atomic E-state index is 13.1. The molecule has 188 valence electrons. The van der Waals surface area contributed by atoms with Crippen LogP contribution in [0.15, 0.2) is 54.1 Å². The Morgan fingerprint density at radius 1 is 1.06 bits per heavy atom. The molecule has 36 heavy (non-hydrogen) atoms. The van der Waals surface area contributed by atoms with E-state index in [2.05, 4.69) is 5.32 Å². The molecule has 2 aromatic rings. The van der Waals surface area contributed by atoms with Crippen molar-refractivity contribution in [2.75, 3.05) is 32.8 Å². The highest BCUT2D eigenvalue weighted by Crippen LogP contribution is 2.26. The SMILES string of the molecule is CC(=O)N[C@H](COCc1ccccc1)C(=O)N1CCN(C(=O)C(C#N)=Cc2ccc(O)c(O)c2)CC1. The van der Waals surface area contributed by atoms with E-state index in [0.29, 0.717) is 12.2 Å². The van der Waals surface area contributed by atoms with Gasteiger partial charge in [-0.2, -0.15) is 5.26 Å². The Balaban J connectivity index is 1.58. The molecule has 1 atom stereocenters. The van der Waals surface area contributed by atoms with Crippen LogP contribution in [-0.2, 0) is 25.7 Å². The number of nitrogens with one attached hydrogen (secondary N) is 1. The summed E-state index contributed by atoms with van der Waals surface area (Å²) in [6.07, 6.45) is 1.33. The lowest BCUT2D eigenvalue weighted by Gasteiger charge is -2.36. The van der Waals surface area contributed by atoms with Crippen LogP contribution in [0.4, 0.5) is 0 Å². The van der Waals surface area contributed by atoms with Crippen LogP contribution in [0.2, 0.25) is 0 Å². The molecule has 1 aliphatic heterocycles. The molecule has 3 amide bonds. The van der Waals surface area contributed by atoms with Crippen LogP contribution in [0.25, 0.3) is 6.08 Å². The number of hydrogen-bond donors (Lipinski definition) is 3. The topological polar surface area (TPSA) is 143 Å². The van der Waals surface area contributed by atoms with Crippen molar-refractivity contribution < 1.29 is 29.3 Å². The minimum absolute atomic E-state index is 0.00719. The summed E-state index contributed by atoms with van der Waals surface area (Å²) in [5.41, 5.74) is 1.20. The second-order valence-corrected chi connectivity index (χ2v) is 8.29. The van der Waals surface area contributed by atoms with Gasteiger partial charge in [0.25, 0.3) is 5.91 Å². The summed E-state index contributed by atoms with van der Waals surface area (Å²) in [5.74, 6) is -1.82. The van der Waals surface area contributed by atoms with Gasteiger partial charge in [-0.1, -0.05) is 36.4 Å². The molecule has 1 fully saturated rings. The van der Waals surface area contributed by atoms with Crippen molar-refractivity contribution >= 4 is 23.8 Å². The van der Waals surface area contributed by atoms with Crippen molar-refractivity contribution in [3.05, 3.63) is 65.2 Å². The molecule has 0 radical (unpaired) electrons. The van der Waals surface area contributed by atoms with Gasteiger partial charge in [0.05, 0.1) is 13.2 Å². The number of hydrogen-bond acceptors (Lipinski definition) is 7. The van der Waals surface area contributed by atoms with Gasteiger partial charge < -0.3 is 30.1 Å². The normalized spacial score (nSPS) is 14.6. The summed E-state index contributed by atoms with van der Waals surface area (Å²) in [6.45, 7) is 2.53. The monoisotopic (exact) mass is 492 g/mol. The van der Waals surface area contributed by atoms with Crippen LogP contribution in [0.1, 0.15) is 18.1 Å². The summed E-state index contributed by atoms with van der Waals surface area (Å²) >= 11 is 0. The number of carbonyl (C=O) groups excluding carboxylic acids is 3. The first-order chi connectivity index (χ1) is 17.3. The Bertz CT molecular complexity index is 1170. The highest BCUT2D eigenvalue weighted by Gasteiger charge is 2.30. The lowest BCUT2D eigenvalue weighted by molar-refractivity contribution is -0.142. The molecule has 0 spiro atoms. The number of ether oxygens (including phenoxy) is 1. The minimum atomic E-state index is -0.856. The first-order valence-electron chi connectivity index (χ1n) is 11.4. The molecule has 1 saturated heterocycles. The van der Waals surface area contributed by atoms with Crippen molar-refractivity contribution in [3.63, 3.8) is 0 Å². The number of nitriles is 1. The zero-order chi connectivity index (χ0) is 26.1. The number of nitrogens with zero attached hydrogens (tertiary/aromatic N) is 3. The average molecular weight is 493 g/mol. The molecule has 0 bridgehead atoms. The molecule has 3 N–H and O–H groups in total. The third-order valence-electron chi connectivity index (χ3n) is 5.61. The molecular formula is C26H28N4O6. The molecule has 0 aromatic heterocycles. The minimum Gasteiger partial charge on any atom is -0.504 e. The van der Waals surface area contributed by atoms with Crippen molar-refractivity contribution in [1.29, 1.82) is 5.26 Å². The molecule has 0 saturated carbocycles. The highest BCUT2D eigenvalue weighted by molar-refractivity contribution is 6.02. The molecule has 10 heteroatoms.